The second kappa shape index (κ2) is 6.59. The molecule has 18 heavy (non-hydrogen) atoms. The van der Waals surface area contributed by atoms with Gasteiger partial charge in [-0.05, 0) is 12.8 Å². The molecule has 0 bridgehead atoms. The van der Waals surface area contributed by atoms with Crippen LogP contribution in [0.3, 0.4) is 0 Å². The van der Waals surface area contributed by atoms with Crippen molar-refractivity contribution in [2.45, 2.75) is 12.8 Å². The van der Waals surface area contributed by atoms with Crippen LogP contribution in [-0.2, 0) is 14.4 Å². The monoisotopic (exact) mass is 252 g/mol. The van der Waals surface area contributed by atoms with Gasteiger partial charge < -0.3 is 15.5 Å². The number of carbonyl (C=O) groups is 3. The van der Waals surface area contributed by atoms with Gasteiger partial charge in [-0.2, -0.15) is 5.26 Å². The summed E-state index contributed by atoms with van der Waals surface area (Å²) in [7, 11) is 1.54. The van der Waals surface area contributed by atoms with Crippen LogP contribution < -0.4 is 10.6 Å². The summed E-state index contributed by atoms with van der Waals surface area (Å²) in [5.41, 5.74) is 0. The summed E-state index contributed by atoms with van der Waals surface area (Å²) in [6.07, 6.45) is 1.40. The lowest BCUT2D eigenvalue weighted by molar-refractivity contribution is -0.147. The highest BCUT2D eigenvalue weighted by molar-refractivity contribution is 6.35. The lowest BCUT2D eigenvalue weighted by Gasteiger charge is -2.31. The van der Waals surface area contributed by atoms with Crippen LogP contribution in [0.5, 0.6) is 0 Å². The topological polar surface area (TPSA) is 102 Å². The Morgan fingerprint density at radius 1 is 1.44 bits per heavy atom. The number of hydrogen-bond acceptors (Lipinski definition) is 4. The van der Waals surface area contributed by atoms with Gasteiger partial charge in [-0.15, -0.1) is 0 Å². The average molecular weight is 252 g/mol. The third kappa shape index (κ3) is 3.45. The number of rotatable bonds is 2. The number of likely N-dealkylation sites (tertiary alicyclic amines) is 1. The zero-order valence-electron chi connectivity index (χ0n) is 10.2. The molecule has 1 rings (SSSR count). The molecule has 0 aromatic rings. The molecule has 7 nitrogen and oxygen atoms in total. The molecule has 0 aromatic heterocycles. The number of piperidine rings is 1. The molecule has 1 aliphatic rings. The summed E-state index contributed by atoms with van der Waals surface area (Å²) in [5, 5.41) is 13.0. The van der Waals surface area contributed by atoms with E-state index < -0.39 is 11.8 Å². The zero-order valence-corrected chi connectivity index (χ0v) is 10.2. The van der Waals surface area contributed by atoms with Crippen LogP contribution in [0.1, 0.15) is 12.8 Å². The van der Waals surface area contributed by atoms with E-state index in [4.69, 9.17) is 5.26 Å². The molecule has 0 aliphatic carbocycles. The standard InChI is InChI=1S/C11H16N4O3/c1-13-9(16)8-3-2-6-15(7-8)11(18)10(17)14-5-4-12/h8H,2-3,5-7H2,1H3,(H,13,16)(H,14,17). The van der Waals surface area contributed by atoms with Crippen LogP contribution in [0.4, 0.5) is 0 Å². The van der Waals surface area contributed by atoms with Crippen molar-refractivity contribution < 1.29 is 14.4 Å². The predicted molar refractivity (Wildman–Crippen MR) is 62.0 cm³/mol. The quantitative estimate of drug-likeness (QED) is 0.466. The number of carbonyl (C=O) groups excluding carboxylic acids is 3. The largest absolute Gasteiger partial charge is 0.359 e. The third-order valence-corrected chi connectivity index (χ3v) is 2.85. The highest BCUT2D eigenvalue weighted by atomic mass is 16.2. The van der Waals surface area contributed by atoms with Gasteiger partial charge in [-0.3, -0.25) is 14.4 Å². The first-order valence-corrected chi connectivity index (χ1v) is 5.75. The second-order valence-corrected chi connectivity index (χ2v) is 4.05. The molecule has 0 radical (unpaired) electrons. The van der Waals surface area contributed by atoms with Crippen molar-refractivity contribution >= 4 is 17.7 Å². The van der Waals surface area contributed by atoms with Gasteiger partial charge in [0.25, 0.3) is 0 Å². The lowest BCUT2D eigenvalue weighted by Crippen LogP contribution is -2.49. The van der Waals surface area contributed by atoms with Crippen LogP contribution in [0.25, 0.3) is 0 Å². The van der Waals surface area contributed by atoms with Crippen LogP contribution in [0.15, 0.2) is 0 Å². The van der Waals surface area contributed by atoms with Gasteiger partial charge in [0, 0.05) is 20.1 Å². The lowest BCUT2D eigenvalue weighted by atomic mass is 9.97. The zero-order chi connectivity index (χ0) is 13.5. The van der Waals surface area contributed by atoms with Gasteiger partial charge in [-0.25, -0.2) is 0 Å². The fourth-order valence-corrected chi connectivity index (χ4v) is 1.92. The minimum absolute atomic E-state index is 0.120. The maximum Gasteiger partial charge on any atom is 0.311 e. The summed E-state index contributed by atoms with van der Waals surface area (Å²) >= 11 is 0. The Labute approximate surface area is 105 Å². The van der Waals surface area contributed by atoms with E-state index in [0.717, 1.165) is 0 Å². The van der Waals surface area contributed by atoms with Crippen LogP contribution in [0, 0.1) is 17.2 Å². The molecule has 1 aliphatic heterocycles. The van der Waals surface area contributed by atoms with E-state index >= 15 is 0 Å². The van der Waals surface area contributed by atoms with Crippen molar-refractivity contribution in [3.63, 3.8) is 0 Å². The molecule has 0 spiro atoms. The summed E-state index contributed by atoms with van der Waals surface area (Å²) in [6.45, 7) is 0.516. The van der Waals surface area contributed by atoms with Crippen molar-refractivity contribution in [2.75, 3.05) is 26.7 Å². The van der Waals surface area contributed by atoms with E-state index in [-0.39, 0.29) is 24.9 Å². The van der Waals surface area contributed by atoms with Crippen molar-refractivity contribution in [1.29, 1.82) is 5.26 Å². The van der Waals surface area contributed by atoms with Crippen molar-refractivity contribution in [2.24, 2.45) is 5.92 Å². The second-order valence-electron chi connectivity index (χ2n) is 4.05. The fraction of sp³-hybridized carbons (Fsp3) is 0.636. The fourth-order valence-electron chi connectivity index (χ4n) is 1.92. The van der Waals surface area contributed by atoms with E-state index in [1.54, 1.807) is 13.1 Å². The Morgan fingerprint density at radius 3 is 2.78 bits per heavy atom. The van der Waals surface area contributed by atoms with Gasteiger partial charge in [-0.1, -0.05) is 0 Å². The van der Waals surface area contributed by atoms with Crippen molar-refractivity contribution in [3.05, 3.63) is 0 Å². The minimum Gasteiger partial charge on any atom is -0.359 e. The number of nitriles is 1. The van der Waals surface area contributed by atoms with Crippen LogP contribution >= 0.6 is 0 Å². The molecule has 0 saturated carbocycles. The Kier molecular flexibility index (Phi) is 5.11. The Balaban J connectivity index is 2.56. The maximum absolute atomic E-state index is 11.7. The molecule has 1 atom stereocenters. The smallest absolute Gasteiger partial charge is 0.311 e. The van der Waals surface area contributed by atoms with Crippen molar-refractivity contribution in [3.8, 4) is 6.07 Å². The molecular weight excluding hydrogens is 236 g/mol. The Bertz CT molecular complexity index is 388. The van der Waals surface area contributed by atoms with Gasteiger partial charge in [0.15, 0.2) is 0 Å². The van der Waals surface area contributed by atoms with E-state index in [9.17, 15) is 14.4 Å². The molecular formula is C11H16N4O3. The first-order chi connectivity index (χ1) is 8.60. The number of nitrogens with one attached hydrogen (secondary N) is 2. The maximum atomic E-state index is 11.7. The normalized spacial score (nSPS) is 18.7. The SMILES string of the molecule is CNC(=O)C1CCCN(C(=O)C(=O)NCC#N)C1. The third-order valence-electron chi connectivity index (χ3n) is 2.85. The Morgan fingerprint density at radius 2 is 2.17 bits per heavy atom. The molecule has 7 heteroatoms. The number of amides is 3. The van der Waals surface area contributed by atoms with Crippen LogP contribution in [0.2, 0.25) is 0 Å². The molecule has 3 amide bonds. The highest BCUT2D eigenvalue weighted by Crippen LogP contribution is 2.16. The van der Waals surface area contributed by atoms with E-state index in [2.05, 4.69) is 10.6 Å². The van der Waals surface area contributed by atoms with Crippen LogP contribution in [-0.4, -0.2) is 49.3 Å². The van der Waals surface area contributed by atoms with Gasteiger partial charge in [0.05, 0.1) is 12.0 Å². The van der Waals surface area contributed by atoms with E-state index in [1.165, 1.54) is 4.90 Å². The summed E-state index contributed by atoms with van der Waals surface area (Å²) in [5.74, 6) is -1.87. The van der Waals surface area contributed by atoms with Crippen molar-refractivity contribution in [1.82, 2.24) is 15.5 Å². The summed E-state index contributed by atoms with van der Waals surface area (Å²) < 4.78 is 0. The number of nitrogens with zero attached hydrogens (tertiary/aromatic N) is 2. The molecule has 1 saturated heterocycles. The van der Waals surface area contributed by atoms with E-state index in [0.29, 0.717) is 19.4 Å². The average Bonchev–Trinajstić information content (AvgIpc) is 2.43. The number of hydrogen-bond donors (Lipinski definition) is 2. The first-order valence-electron chi connectivity index (χ1n) is 5.75. The molecule has 1 heterocycles. The molecule has 98 valence electrons. The van der Waals surface area contributed by atoms with E-state index in [1.807, 2.05) is 0 Å². The van der Waals surface area contributed by atoms with Gasteiger partial charge in [0.2, 0.25) is 5.91 Å². The van der Waals surface area contributed by atoms with Gasteiger partial charge >= 0.3 is 11.8 Å². The first kappa shape index (κ1) is 14.0. The Hall–Kier alpha value is -2.10. The summed E-state index contributed by atoms with van der Waals surface area (Å²) in [6, 6.07) is 1.73. The summed E-state index contributed by atoms with van der Waals surface area (Å²) in [4.78, 5) is 36.0. The minimum atomic E-state index is -0.797. The predicted octanol–water partition coefficient (Wildman–Crippen LogP) is -1.39. The highest BCUT2D eigenvalue weighted by Gasteiger charge is 2.30. The molecule has 1 fully saturated rings. The van der Waals surface area contributed by atoms with Gasteiger partial charge in [0.1, 0.15) is 6.54 Å². The molecule has 0 aromatic carbocycles. The molecule has 2 N–H and O–H groups in total. The molecule has 1 unspecified atom stereocenters.